The van der Waals surface area contributed by atoms with E-state index in [1.807, 2.05) is 32.0 Å². The summed E-state index contributed by atoms with van der Waals surface area (Å²) >= 11 is 0. The lowest BCUT2D eigenvalue weighted by Crippen LogP contribution is -2.32. The Kier molecular flexibility index (Phi) is 6.28. The first kappa shape index (κ1) is 19.4. The smallest absolute Gasteiger partial charge is 0.226 e. The van der Waals surface area contributed by atoms with Gasteiger partial charge in [0.1, 0.15) is 0 Å². The molecule has 26 heavy (non-hydrogen) atoms. The maximum absolute atomic E-state index is 12.2. The highest BCUT2D eigenvalue weighted by molar-refractivity contribution is 5.97. The molecule has 0 aliphatic heterocycles. The summed E-state index contributed by atoms with van der Waals surface area (Å²) in [5.74, 6) is -0.333. The number of aryl methyl sites for hydroxylation is 2. The van der Waals surface area contributed by atoms with Gasteiger partial charge in [-0.15, -0.1) is 0 Å². The lowest BCUT2D eigenvalue weighted by atomic mass is 10.1. The molecular formula is C21H24N2O3. The second-order valence-electron chi connectivity index (χ2n) is 6.45. The first-order chi connectivity index (χ1) is 12.3. The predicted molar refractivity (Wildman–Crippen MR) is 104 cm³/mol. The van der Waals surface area contributed by atoms with Gasteiger partial charge in [-0.2, -0.15) is 0 Å². The number of rotatable bonds is 6. The zero-order valence-corrected chi connectivity index (χ0v) is 15.6. The van der Waals surface area contributed by atoms with Crippen LogP contribution in [0, 0.1) is 13.8 Å². The number of anilines is 2. The van der Waals surface area contributed by atoms with Crippen molar-refractivity contribution in [1.82, 2.24) is 0 Å². The molecule has 0 unspecified atom stereocenters. The van der Waals surface area contributed by atoms with Gasteiger partial charge in [0.2, 0.25) is 11.8 Å². The van der Waals surface area contributed by atoms with E-state index in [1.54, 1.807) is 24.3 Å². The Balaban J connectivity index is 2.02. The van der Waals surface area contributed by atoms with Crippen molar-refractivity contribution < 1.29 is 14.4 Å². The fraction of sp³-hybridized carbons (Fsp3) is 0.286. The van der Waals surface area contributed by atoms with Crippen LogP contribution in [0.2, 0.25) is 0 Å². The van der Waals surface area contributed by atoms with E-state index in [0.717, 1.165) is 16.8 Å². The van der Waals surface area contributed by atoms with E-state index in [2.05, 4.69) is 5.32 Å². The highest BCUT2D eigenvalue weighted by atomic mass is 16.2. The minimum absolute atomic E-state index is 0.0289. The van der Waals surface area contributed by atoms with Crippen molar-refractivity contribution in [3.63, 3.8) is 0 Å². The molecule has 5 nitrogen and oxygen atoms in total. The van der Waals surface area contributed by atoms with E-state index >= 15 is 0 Å². The molecule has 2 rings (SSSR count). The Morgan fingerprint density at radius 3 is 2.00 bits per heavy atom. The summed E-state index contributed by atoms with van der Waals surface area (Å²) in [5.41, 5.74) is 4.17. The number of hydrogen-bond acceptors (Lipinski definition) is 3. The maximum atomic E-state index is 12.2. The molecule has 0 bridgehead atoms. The van der Waals surface area contributed by atoms with E-state index < -0.39 is 0 Å². The monoisotopic (exact) mass is 352 g/mol. The first-order valence-corrected chi connectivity index (χ1v) is 8.53. The number of amides is 2. The van der Waals surface area contributed by atoms with Gasteiger partial charge in [-0.3, -0.25) is 14.4 Å². The lowest BCUT2D eigenvalue weighted by Gasteiger charge is -2.21. The molecule has 0 saturated carbocycles. The number of hydrogen-bond donors (Lipinski definition) is 1. The van der Waals surface area contributed by atoms with Gasteiger partial charge in [0, 0.05) is 36.8 Å². The molecule has 0 fully saturated rings. The second-order valence-corrected chi connectivity index (χ2v) is 6.45. The quantitative estimate of drug-likeness (QED) is 0.802. The molecule has 0 aliphatic carbocycles. The SMILES string of the molecule is CC(=O)c1ccc(N(CCC(=O)Nc2cc(C)cc(C)c2)C(C)=O)cc1. The predicted octanol–water partition coefficient (Wildman–Crippen LogP) is 3.89. The minimum Gasteiger partial charge on any atom is -0.326 e. The van der Waals surface area contributed by atoms with Crippen molar-refractivity contribution in [1.29, 1.82) is 0 Å². The number of carbonyl (C=O) groups is 3. The largest absolute Gasteiger partial charge is 0.326 e. The topological polar surface area (TPSA) is 66.5 Å². The van der Waals surface area contributed by atoms with Crippen LogP contribution >= 0.6 is 0 Å². The summed E-state index contributed by atoms with van der Waals surface area (Å²) in [6.45, 7) is 7.18. The summed E-state index contributed by atoms with van der Waals surface area (Å²) in [6.07, 6.45) is 0.182. The van der Waals surface area contributed by atoms with Crippen molar-refractivity contribution >= 4 is 29.0 Å². The Morgan fingerprint density at radius 2 is 1.50 bits per heavy atom. The molecule has 0 radical (unpaired) electrons. The van der Waals surface area contributed by atoms with Crippen LogP contribution in [-0.4, -0.2) is 24.1 Å². The third kappa shape index (κ3) is 5.28. The van der Waals surface area contributed by atoms with Gasteiger partial charge < -0.3 is 10.2 Å². The molecule has 2 amide bonds. The van der Waals surface area contributed by atoms with Crippen LogP contribution in [0.5, 0.6) is 0 Å². The van der Waals surface area contributed by atoms with E-state index in [9.17, 15) is 14.4 Å². The average Bonchev–Trinajstić information content (AvgIpc) is 2.54. The summed E-state index contributed by atoms with van der Waals surface area (Å²) in [5, 5.41) is 2.87. The van der Waals surface area contributed by atoms with Crippen LogP contribution in [0.4, 0.5) is 11.4 Å². The van der Waals surface area contributed by atoms with Gasteiger partial charge in [-0.05, 0) is 68.3 Å². The highest BCUT2D eigenvalue weighted by Crippen LogP contribution is 2.17. The normalized spacial score (nSPS) is 10.3. The number of carbonyl (C=O) groups excluding carboxylic acids is 3. The van der Waals surface area contributed by atoms with Crippen LogP contribution in [0.1, 0.15) is 41.8 Å². The van der Waals surface area contributed by atoms with Gasteiger partial charge in [-0.1, -0.05) is 6.07 Å². The van der Waals surface area contributed by atoms with Gasteiger partial charge in [0.15, 0.2) is 5.78 Å². The van der Waals surface area contributed by atoms with Crippen LogP contribution in [0.15, 0.2) is 42.5 Å². The Bertz CT molecular complexity index is 805. The third-order valence-corrected chi connectivity index (χ3v) is 4.03. The maximum Gasteiger partial charge on any atom is 0.226 e. The highest BCUT2D eigenvalue weighted by Gasteiger charge is 2.14. The average molecular weight is 352 g/mol. The molecule has 0 heterocycles. The zero-order valence-electron chi connectivity index (χ0n) is 15.6. The first-order valence-electron chi connectivity index (χ1n) is 8.53. The van der Waals surface area contributed by atoms with Crippen LogP contribution in [-0.2, 0) is 9.59 Å². The number of ketones is 1. The molecule has 136 valence electrons. The van der Waals surface area contributed by atoms with E-state index in [4.69, 9.17) is 0 Å². The molecule has 2 aromatic carbocycles. The number of benzene rings is 2. The molecule has 0 aliphatic rings. The number of nitrogens with one attached hydrogen (secondary N) is 1. The molecule has 0 spiro atoms. The van der Waals surface area contributed by atoms with Crippen molar-refractivity contribution in [3.05, 3.63) is 59.2 Å². The van der Waals surface area contributed by atoms with Gasteiger partial charge in [0.05, 0.1) is 0 Å². The van der Waals surface area contributed by atoms with E-state index in [0.29, 0.717) is 11.3 Å². The Hall–Kier alpha value is -2.95. The molecule has 5 heteroatoms. The molecule has 2 aromatic rings. The minimum atomic E-state index is -0.153. The molecule has 1 N–H and O–H groups in total. The molecule has 0 saturated heterocycles. The standard InChI is InChI=1S/C21H24N2O3/c1-14-11-15(2)13-19(12-14)22-21(26)9-10-23(17(4)25)20-7-5-18(6-8-20)16(3)24/h5-8,11-13H,9-10H2,1-4H3,(H,22,26). The summed E-state index contributed by atoms with van der Waals surface area (Å²) < 4.78 is 0. The van der Waals surface area contributed by atoms with Gasteiger partial charge in [-0.25, -0.2) is 0 Å². The number of nitrogens with zero attached hydrogens (tertiary/aromatic N) is 1. The molecular weight excluding hydrogens is 328 g/mol. The summed E-state index contributed by atoms with van der Waals surface area (Å²) in [4.78, 5) is 37.1. The van der Waals surface area contributed by atoms with Crippen molar-refractivity contribution in [2.24, 2.45) is 0 Å². The fourth-order valence-electron chi connectivity index (χ4n) is 2.83. The van der Waals surface area contributed by atoms with Gasteiger partial charge in [0.25, 0.3) is 0 Å². The van der Waals surface area contributed by atoms with Crippen molar-refractivity contribution in [2.45, 2.75) is 34.1 Å². The van der Waals surface area contributed by atoms with E-state index in [-0.39, 0.29) is 30.6 Å². The lowest BCUT2D eigenvalue weighted by molar-refractivity contribution is -0.117. The fourth-order valence-corrected chi connectivity index (χ4v) is 2.83. The van der Waals surface area contributed by atoms with Crippen molar-refractivity contribution in [3.8, 4) is 0 Å². The summed E-state index contributed by atoms with van der Waals surface area (Å²) in [7, 11) is 0. The molecule has 0 aromatic heterocycles. The van der Waals surface area contributed by atoms with E-state index in [1.165, 1.54) is 18.7 Å². The van der Waals surface area contributed by atoms with Gasteiger partial charge >= 0.3 is 0 Å². The van der Waals surface area contributed by atoms with Crippen LogP contribution < -0.4 is 10.2 Å². The van der Waals surface area contributed by atoms with Crippen LogP contribution in [0.25, 0.3) is 0 Å². The number of Topliss-reactive ketones (excluding diaryl/α,β-unsaturated/α-hetero) is 1. The van der Waals surface area contributed by atoms with Crippen LogP contribution in [0.3, 0.4) is 0 Å². The third-order valence-electron chi connectivity index (χ3n) is 4.03. The summed E-state index contributed by atoms with van der Waals surface area (Å²) in [6, 6.07) is 12.7. The Labute approximate surface area is 154 Å². The zero-order chi connectivity index (χ0) is 19.3. The Morgan fingerprint density at radius 1 is 0.923 bits per heavy atom. The van der Waals surface area contributed by atoms with Crippen molar-refractivity contribution in [2.75, 3.05) is 16.8 Å². The molecule has 0 atom stereocenters. The second kappa shape index (κ2) is 8.43.